The molecule has 2 aromatic heterocycles. The average molecular weight is 482 g/mol. The van der Waals surface area contributed by atoms with E-state index >= 15 is 4.39 Å². The van der Waals surface area contributed by atoms with Gasteiger partial charge in [0.15, 0.2) is 11.9 Å². The van der Waals surface area contributed by atoms with Crippen LogP contribution in [0.15, 0.2) is 23.1 Å². The van der Waals surface area contributed by atoms with Crippen molar-refractivity contribution >= 4 is 11.7 Å². The van der Waals surface area contributed by atoms with Gasteiger partial charge in [0.2, 0.25) is 0 Å². The number of rotatable bonds is 5. The van der Waals surface area contributed by atoms with Gasteiger partial charge in [0.1, 0.15) is 23.1 Å². The first-order valence-electron chi connectivity index (χ1n) is 10.5. The molecule has 0 spiro atoms. The molecule has 1 atom stereocenters. The molecule has 1 aromatic carbocycles. The number of anilines is 1. The minimum absolute atomic E-state index is 0.157. The zero-order chi connectivity index (χ0) is 24.8. The molecule has 0 saturated carbocycles. The third-order valence-corrected chi connectivity index (χ3v) is 5.50. The second kappa shape index (κ2) is 8.61. The number of benzene rings is 1. The maximum Gasteiger partial charge on any atom is 0.425 e. The summed E-state index contributed by atoms with van der Waals surface area (Å²) in [5.41, 5.74) is -0.930. The Morgan fingerprint density at radius 3 is 2.59 bits per heavy atom. The van der Waals surface area contributed by atoms with Crippen LogP contribution in [0, 0.1) is 12.7 Å². The van der Waals surface area contributed by atoms with Gasteiger partial charge < -0.3 is 10.1 Å². The number of nitrogens with one attached hydrogen (secondary N) is 1. The Hall–Kier alpha value is -3.64. The summed E-state index contributed by atoms with van der Waals surface area (Å²) in [6.45, 7) is 2.84. The molecule has 1 aliphatic heterocycles. The van der Waals surface area contributed by atoms with Gasteiger partial charge in [-0.05, 0) is 32.8 Å². The SMILES string of the molecule is Cc1cn(C)nc1NC(=O)c1cc(F)c(-n2nc3n(c2=O)CCCC3)cc1O[C@@H](C)C(F)(F)F. The molecule has 13 heteroatoms. The van der Waals surface area contributed by atoms with Gasteiger partial charge in [-0.1, -0.05) is 0 Å². The van der Waals surface area contributed by atoms with Crippen LogP contribution < -0.4 is 15.7 Å². The molecule has 1 aliphatic rings. The van der Waals surface area contributed by atoms with Crippen molar-refractivity contribution in [1.82, 2.24) is 24.1 Å². The summed E-state index contributed by atoms with van der Waals surface area (Å²) in [6, 6.07) is 1.62. The molecule has 0 aliphatic carbocycles. The van der Waals surface area contributed by atoms with Crippen molar-refractivity contribution in [3.8, 4) is 11.4 Å². The van der Waals surface area contributed by atoms with Crippen LogP contribution >= 0.6 is 0 Å². The second-order valence-corrected chi connectivity index (χ2v) is 8.11. The van der Waals surface area contributed by atoms with Crippen LogP contribution in [0.25, 0.3) is 5.69 Å². The average Bonchev–Trinajstić information content (AvgIpc) is 3.26. The lowest BCUT2D eigenvalue weighted by molar-refractivity contribution is -0.189. The lowest BCUT2D eigenvalue weighted by Crippen LogP contribution is -2.32. The lowest BCUT2D eigenvalue weighted by Gasteiger charge is -2.20. The van der Waals surface area contributed by atoms with Crippen molar-refractivity contribution in [3.05, 3.63) is 51.6 Å². The maximum absolute atomic E-state index is 15.1. The van der Waals surface area contributed by atoms with Gasteiger partial charge in [-0.25, -0.2) is 9.18 Å². The molecular formula is C21H22F4N6O3. The topological polar surface area (TPSA) is 96.0 Å². The van der Waals surface area contributed by atoms with Crippen molar-refractivity contribution < 1.29 is 27.1 Å². The highest BCUT2D eigenvalue weighted by atomic mass is 19.4. The van der Waals surface area contributed by atoms with E-state index in [1.807, 2.05) is 0 Å². The monoisotopic (exact) mass is 482 g/mol. The molecule has 9 nitrogen and oxygen atoms in total. The van der Waals surface area contributed by atoms with Crippen molar-refractivity contribution in [2.75, 3.05) is 5.32 Å². The lowest BCUT2D eigenvalue weighted by atomic mass is 10.1. The third-order valence-electron chi connectivity index (χ3n) is 5.50. The summed E-state index contributed by atoms with van der Waals surface area (Å²) in [7, 11) is 1.62. The molecule has 0 unspecified atom stereocenters. The summed E-state index contributed by atoms with van der Waals surface area (Å²) in [6.07, 6.45) is -3.35. The standard InChI is InChI=1S/C21H22F4N6O3/c1-11-10-29(3)28-18(11)26-19(32)13-8-14(22)15(9-16(13)34-12(2)21(23,24)25)31-20(33)30-7-5-4-6-17(30)27-31/h8-10,12H,4-7H2,1-3H3,(H,26,28,32)/t12-/m0/s1. The van der Waals surface area contributed by atoms with Gasteiger partial charge in [-0.2, -0.15) is 23.0 Å². The summed E-state index contributed by atoms with van der Waals surface area (Å²) < 4.78 is 63.4. The minimum atomic E-state index is -4.75. The Labute approximate surface area is 190 Å². The van der Waals surface area contributed by atoms with E-state index in [0.29, 0.717) is 24.4 Å². The molecule has 0 radical (unpaired) electrons. The first-order valence-corrected chi connectivity index (χ1v) is 10.5. The van der Waals surface area contributed by atoms with E-state index in [2.05, 4.69) is 15.5 Å². The molecule has 3 heterocycles. The summed E-state index contributed by atoms with van der Waals surface area (Å²) in [5.74, 6) is -1.88. The highest BCUT2D eigenvalue weighted by molar-refractivity contribution is 6.06. The number of hydrogen-bond acceptors (Lipinski definition) is 5. The second-order valence-electron chi connectivity index (χ2n) is 8.11. The number of hydrogen-bond donors (Lipinski definition) is 1. The number of halogens is 4. The third kappa shape index (κ3) is 4.41. The van der Waals surface area contributed by atoms with Crippen LogP contribution in [0.5, 0.6) is 5.75 Å². The van der Waals surface area contributed by atoms with Gasteiger partial charge in [-0.15, -0.1) is 5.10 Å². The van der Waals surface area contributed by atoms with Crippen LogP contribution in [-0.2, 0) is 20.0 Å². The van der Waals surface area contributed by atoms with E-state index < -0.39 is 46.7 Å². The Morgan fingerprint density at radius 2 is 1.97 bits per heavy atom. The molecule has 1 N–H and O–H groups in total. The van der Waals surface area contributed by atoms with Crippen LogP contribution in [0.2, 0.25) is 0 Å². The highest BCUT2D eigenvalue weighted by Crippen LogP contribution is 2.31. The largest absolute Gasteiger partial charge is 0.480 e. The van der Waals surface area contributed by atoms with Crippen LogP contribution in [0.1, 0.15) is 41.5 Å². The van der Waals surface area contributed by atoms with Crippen LogP contribution in [-0.4, -0.2) is 42.3 Å². The van der Waals surface area contributed by atoms with E-state index in [1.165, 1.54) is 9.25 Å². The number of aromatic nitrogens is 5. The molecule has 4 rings (SSSR count). The van der Waals surface area contributed by atoms with E-state index in [0.717, 1.165) is 36.6 Å². The number of alkyl halides is 3. The number of fused-ring (bicyclic) bond motifs is 1. The zero-order valence-electron chi connectivity index (χ0n) is 18.6. The van der Waals surface area contributed by atoms with E-state index in [-0.39, 0.29) is 5.82 Å². The van der Waals surface area contributed by atoms with Crippen molar-refractivity contribution in [2.45, 2.75) is 51.9 Å². The predicted octanol–water partition coefficient (Wildman–Crippen LogP) is 3.13. The maximum atomic E-state index is 15.1. The van der Waals surface area contributed by atoms with E-state index in [1.54, 1.807) is 20.2 Å². The zero-order valence-corrected chi connectivity index (χ0v) is 18.6. The van der Waals surface area contributed by atoms with Crippen molar-refractivity contribution in [3.63, 3.8) is 0 Å². The van der Waals surface area contributed by atoms with Gasteiger partial charge in [-0.3, -0.25) is 14.0 Å². The molecule has 0 bridgehead atoms. The fourth-order valence-electron chi connectivity index (χ4n) is 3.70. The first-order chi connectivity index (χ1) is 16.0. The van der Waals surface area contributed by atoms with E-state index in [4.69, 9.17) is 4.74 Å². The number of amides is 1. The van der Waals surface area contributed by atoms with Gasteiger partial charge >= 0.3 is 11.9 Å². The number of carbonyl (C=O) groups is 1. The summed E-state index contributed by atoms with van der Waals surface area (Å²) in [5, 5.41) is 10.6. The highest BCUT2D eigenvalue weighted by Gasteiger charge is 2.39. The molecule has 0 fully saturated rings. The smallest absolute Gasteiger partial charge is 0.425 e. The van der Waals surface area contributed by atoms with Crippen molar-refractivity contribution in [1.29, 1.82) is 0 Å². The Kier molecular flexibility index (Phi) is 5.96. The summed E-state index contributed by atoms with van der Waals surface area (Å²) >= 11 is 0. The quantitative estimate of drug-likeness (QED) is 0.564. The predicted molar refractivity (Wildman–Crippen MR) is 113 cm³/mol. The molecular weight excluding hydrogens is 460 g/mol. The normalized spacial score (nSPS) is 14.6. The minimum Gasteiger partial charge on any atom is -0.480 e. The first kappa shape index (κ1) is 23.5. The number of nitrogens with zero attached hydrogens (tertiary/aromatic N) is 5. The summed E-state index contributed by atoms with van der Waals surface area (Å²) in [4.78, 5) is 25.6. The molecule has 0 saturated heterocycles. The van der Waals surface area contributed by atoms with Crippen molar-refractivity contribution in [2.24, 2.45) is 7.05 Å². The van der Waals surface area contributed by atoms with Crippen LogP contribution in [0.3, 0.4) is 0 Å². The van der Waals surface area contributed by atoms with E-state index in [9.17, 15) is 22.8 Å². The Bertz CT molecular complexity index is 1310. The molecule has 182 valence electrons. The fourth-order valence-corrected chi connectivity index (χ4v) is 3.70. The number of aryl methyl sites for hydroxylation is 3. The van der Waals surface area contributed by atoms with Gasteiger partial charge in [0.25, 0.3) is 5.91 Å². The van der Waals surface area contributed by atoms with Gasteiger partial charge in [0.05, 0.1) is 5.56 Å². The number of carbonyl (C=O) groups excluding carboxylic acids is 1. The Morgan fingerprint density at radius 1 is 1.24 bits per heavy atom. The molecule has 1 amide bonds. The van der Waals surface area contributed by atoms with Gasteiger partial charge in [0, 0.05) is 37.8 Å². The van der Waals surface area contributed by atoms with Crippen LogP contribution in [0.4, 0.5) is 23.4 Å². The molecule has 3 aromatic rings. The Balaban J connectivity index is 1.79. The fraction of sp³-hybridized carbons (Fsp3) is 0.429. The number of ether oxygens (including phenoxy) is 1. The molecule has 34 heavy (non-hydrogen) atoms.